The number of aliphatic carboxylic acids is 1. The molecule has 0 fully saturated rings. The lowest BCUT2D eigenvalue weighted by Crippen LogP contribution is -2.41. The fourth-order valence-corrected chi connectivity index (χ4v) is 2.76. The van der Waals surface area contributed by atoms with Gasteiger partial charge in [0.1, 0.15) is 5.82 Å². The number of carboxylic acid groups (broad SMARTS) is 1. The van der Waals surface area contributed by atoms with E-state index in [1.54, 1.807) is 35.3 Å². The van der Waals surface area contributed by atoms with E-state index in [-0.39, 0.29) is 18.5 Å². The van der Waals surface area contributed by atoms with Gasteiger partial charge in [-0.3, -0.25) is 4.79 Å². The number of hydrazine groups is 1. The minimum absolute atomic E-state index is 0.136. The number of rotatable bonds is 9. The molecule has 0 aliphatic heterocycles. The number of anilines is 1. The van der Waals surface area contributed by atoms with Gasteiger partial charge in [0.25, 0.3) is 0 Å². The Bertz CT molecular complexity index is 757. The van der Waals surface area contributed by atoms with Crippen LogP contribution in [-0.2, 0) is 11.2 Å². The van der Waals surface area contributed by atoms with Crippen molar-refractivity contribution in [3.05, 3.63) is 64.4 Å². The minimum atomic E-state index is -1.08. The number of aliphatic hydroxyl groups is 1. The Morgan fingerprint density at radius 3 is 2.69 bits per heavy atom. The average Bonchev–Trinajstić information content (AvgIpc) is 2.59. The third kappa shape index (κ3) is 5.69. The van der Waals surface area contributed by atoms with E-state index >= 15 is 0 Å². The number of carboxylic acids is 1. The zero-order valence-corrected chi connectivity index (χ0v) is 15.2. The van der Waals surface area contributed by atoms with Crippen molar-refractivity contribution in [2.45, 2.75) is 25.9 Å². The average molecular weight is 381 g/mol. The van der Waals surface area contributed by atoms with Gasteiger partial charge in [0, 0.05) is 18.1 Å². The summed E-state index contributed by atoms with van der Waals surface area (Å²) in [6.07, 6.45) is -0.330. The number of hydrogen-bond acceptors (Lipinski definition) is 4. The van der Waals surface area contributed by atoms with E-state index in [1.807, 2.05) is 6.92 Å². The number of benzene rings is 2. The molecular weight excluding hydrogens is 359 g/mol. The Morgan fingerprint density at radius 2 is 2.08 bits per heavy atom. The molecule has 7 heteroatoms. The summed E-state index contributed by atoms with van der Waals surface area (Å²) in [6.45, 7) is 2.80. The molecule has 2 aromatic rings. The van der Waals surface area contributed by atoms with E-state index in [4.69, 9.17) is 16.7 Å². The molecule has 3 N–H and O–H groups in total. The standard InChI is InChI=1S/C19H22ClFN2O3/c1-2-8-23(16-7-6-13(10-19(25)26)17(21)11-16)22-12-18(24)14-4-3-5-15(20)9-14/h3-7,9,11,18,22,24H,2,8,10,12H2,1H3,(H,25,26)/t18-/m0/s1. The second kappa shape index (κ2) is 9.52. The molecule has 0 aliphatic rings. The van der Waals surface area contributed by atoms with Crippen LogP contribution in [0, 0.1) is 5.82 Å². The van der Waals surface area contributed by atoms with Crippen LogP contribution in [0.1, 0.15) is 30.6 Å². The largest absolute Gasteiger partial charge is 0.481 e. The number of carbonyl (C=O) groups is 1. The van der Waals surface area contributed by atoms with Crippen LogP contribution in [-0.4, -0.2) is 29.3 Å². The van der Waals surface area contributed by atoms with Gasteiger partial charge in [-0.2, -0.15) is 0 Å². The highest BCUT2D eigenvalue weighted by Crippen LogP contribution is 2.20. The van der Waals surface area contributed by atoms with Gasteiger partial charge < -0.3 is 15.2 Å². The molecular formula is C19H22ClFN2O3. The summed E-state index contributed by atoms with van der Waals surface area (Å²) in [7, 11) is 0. The maximum absolute atomic E-state index is 14.1. The van der Waals surface area contributed by atoms with Crippen molar-refractivity contribution in [2.75, 3.05) is 18.1 Å². The van der Waals surface area contributed by atoms with Gasteiger partial charge >= 0.3 is 5.97 Å². The Kier molecular flexibility index (Phi) is 7.38. The number of hydrogen-bond donors (Lipinski definition) is 3. The molecule has 140 valence electrons. The second-order valence-corrected chi connectivity index (χ2v) is 6.37. The number of nitrogens with zero attached hydrogens (tertiary/aromatic N) is 1. The molecule has 1 atom stereocenters. The third-order valence-electron chi connectivity index (χ3n) is 3.85. The van der Waals surface area contributed by atoms with Crippen molar-refractivity contribution < 1.29 is 19.4 Å². The molecule has 0 spiro atoms. The minimum Gasteiger partial charge on any atom is -0.481 e. The highest BCUT2D eigenvalue weighted by atomic mass is 35.5. The molecule has 0 aromatic heterocycles. The van der Waals surface area contributed by atoms with Gasteiger partial charge in [-0.1, -0.05) is 36.7 Å². The normalized spacial score (nSPS) is 12.0. The van der Waals surface area contributed by atoms with Gasteiger partial charge in [0.05, 0.1) is 18.2 Å². The molecule has 0 radical (unpaired) electrons. The van der Waals surface area contributed by atoms with Gasteiger partial charge in [-0.25, -0.2) is 9.82 Å². The molecule has 0 amide bonds. The number of nitrogens with one attached hydrogen (secondary N) is 1. The summed E-state index contributed by atoms with van der Waals surface area (Å²) in [5.41, 5.74) is 4.49. The van der Waals surface area contributed by atoms with Crippen molar-refractivity contribution in [3.8, 4) is 0 Å². The fraction of sp³-hybridized carbons (Fsp3) is 0.316. The lowest BCUT2D eigenvalue weighted by atomic mass is 10.1. The van der Waals surface area contributed by atoms with E-state index in [1.165, 1.54) is 12.1 Å². The molecule has 2 rings (SSSR count). The molecule has 0 aliphatic carbocycles. The van der Waals surface area contributed by atoms with Crippen LogP contribution in [0.4, 0.5) is 10.1 Å². The van der Waals surface area contributed by atoms with Crippen LogP contribution >= 0.6 is 11.6 Å². The molecule has 0 heterocycles. The number of halogens is 2. The molecule has 5 nitrogen and oxygen atoms in total. The summed E-state index contributed by atoms with van der Waals surface area (Å²) < 4.78 is 14.1. The smallest absolute Gasteiger partial charge is 0.307 e. The summed E-state index contributed by atoms with van der Waals surface area (Å²) >= 11 is 5.94. The van der Waals surface area contributed by atoms with Crippen LogP contribution < -0.4 is 10.4 Å². The van der Waals surface area contributed by atoms with Crippen LogP contribution in [0.25, 0.3) is 0 Å². The summed E-state index contributed by atoms with van der Waals surface area (Å²) in [5, 5.41) is 21.4. The molecule has 0 unspecified atom stereocenters. The van der Waals surface area contributed by atoms with E-state index in [2.05, 4.69) is 5.43 Å². The first-order valence-electron chi connectivity index (χ1n) is 8.35. The van der Waals surface area contributed by atoms with Crippen molar-refractivity contribution in [1.29, 1.82) is 0 Å². The Balaban J connectivity index is 2.08. The van der Waals surface area contributed by atoms with E-state index < -0.39 is 17.9 Å². The topological polar surface area (TPSA) is 72.8 Å². The Labute approximate surface area is 157 Å². The monoisotopic (exact) mass is 380 g/mol. The second-order valence-electron chi connectivity index (χ2n) is 5.93. The fourth-order valence-electron chi connectivity index (χ4n) is 2.56. The van der Waals surface area contributed by atoms with E-state index in [0.29, 0.717) is 22.8 Å². The van der Waals surface area contributed by atoms with Crippen molar-refractivity contribution in [2.24, 2.45) is 0 Å². The molecule has 0 bridgehead atoms. The first kappa shape index (κ1) is 20.2. The van der Waals surface area contributed by atoms with Crippen LogP contribution in [0.5, 0.6) is 0 Å². The van der Waals surface area contributed by atoms with Gasteiger partial charge in [-0.15, -0.1) is 0 Å². The predicted octanol–water partition coefficient (Wildman–Crippen LogP) is 3.56. The van der Waals surface area contributed by atoms with Gasteiger partial charge in [0.2, 0.25) is 0 Å². The highest BCUT2D eigenvalue weighted by Gasteiger charge is 2.14. The lowest BCUT2D eigenvalue weighted by molar-refractivity contribution is -0.136. The summed E-state index contributed by atoms with van der Waals surface area (Å²) in [6, 6.07) is 11.4. The Morgan fingerprint density at radius 1 is 1.31 bits per heavy atom. The zero-order chi connectivity index (χ0) is 19.1. The zero-order valence-electron chi connectivity index (χ0n) is 14.5. The van der Waals surface area contributed by atoms with Gasteiger partial charge in [-0.05, 0) is 41.8 Å². The van der Waals surface area contributed by atoms with Crippen LogP contribution in [0.15, 0.2) is 42.5 Å². The molecule has 26 heavy (non-hydrogen) atoms. The SMILES string of the molecule is CCCN(NC[C@H](O)c1cccc(Cl)c1)c1ccc(CC(=O)O)c(F)c1. The van der Waals surface area contributed by atoms with Crippen molar-refractivity contribution in [3.63, 3.8) is 0 Å². The quantitative estimate of drug-likeness (QED) is 0.580. The first-order valence-corrected chi connectivity index (χ1v) is 8.73. The van der Waals surface area contributed by atoms with E-state index in [9.17, 15) is 14.3 Å². The van der Waals surface area contributed by atoms with Crippen molar-refractivity contribution >= 4 is 23.3 Å². The molecule has 0 saturated heterocycles. The van der Waals surface area contributed by atoms with Crippen LogP contribution in [0.2, 0.25) is 5.02 Å². The first-order chi connectivity index (χ1) is 12.4. The van der Waals surface area contributed by atoms with Crippen LogP contribution in [0.3, 0.4) is 0 Å². The number of aliphatic hydroxyl groups excluding tert-OH is 1. The maximum Gasteiger partial charge on any atom is 0.307 e. The lowest BCUT2D eigenvalue weighted by Gasteiger charge is -2.27. The molecule has 0 saturated carbocycles. The third-order valence-corrected chi connectivity index (χ3v) is 4.08. The molecule has 2 aromatic carbocycles. The predicted molar refractivity (Wildman–Crippen MR) is 99.8 cm³/mol. The van der Waals surface area contributed by atoms with Gasteiger partial charge in [0.15, 0.2) is 0 Å². The van der Waals surface area contributed by atoms with E-state index in [0.717, 1.165) is 6.42 Å². The van der Waals surface area contributed by atoms with Crippen molar-refractivity contribution in [1.82, 2.24) is 5.43 Å². The Hall–Kier alpha value is -2.15. The summed E-state index contributed by atoms with van der Waals surface area (Å²) in [4.78, 5) is 10.8. The maximum atomic E-state index is 14.1. The highest BCUT2D eigenvalue weighted by molar-refractivity contribution is 6.30. The summed E-state index contributed by atoms with van der Waals surface area (Å²) in [5.74, 6) is -1.65.